The second-order valence-corrected chi connectivity index (χ2v) is 7.57. The zero-order valence-electron chi connectivity index (χ0n) is 16.0. The molecule has 2 rings (SSSR count). The van der Waals surface area contributed by atoms with E-state index in [2.05, 4.69) is 5.32 Å². The maximum atomic E-state index is 12.8. The zero-order chi connectivity index (χ0) is 20.0. The van der Waals surface area contributed by atoms with Gasteiger partial charge in [0, 0.05) is 4.88 Å². The van der Waals surface area contributed by atoms with E-state index in [1.807, 2.05) is 45.9 Å². The molecule has 1 aromatic heterocycles. The summed E-state index contributed by atoms with van der Waals surface area (Å²) < 4.78 is 11.2. The van der Waals surface area contributed by atoms with Crippen LogP contribution in [0.25, 0.3) is 0 Å². The van der Waals surface area contributed by atoms with Crippen molar-refractivity contribution in [2.24, 2.45) is 0 Å². The lowest BCUT2D eigenvalue weighted by Gasteiger charge is -2.25. The molecule has 1 heterocycles. The molecule has 146 valence electrons. The Bertz CT molecular complexity index is 812. The zero-order valence-corrected chi connectivity index (χ0v) is 16.8. The van der Waals surface area contributed by atoms with E-state index in [0.717, 1.165) is 21.8 Å². The van der Waals surface area contributed by atoms with Crippen molar-refractivity contribution in [3.63, 3.8) is 0 Å². The molecule has 0 unspecified atom stereocenters. The van der Waals surface area contributed by atoms with Gasteiger partial charge in [0.1, 0.15) is 4.88 Å². The topological polar surface area (TPSA) is 84.9 Å². The van der Waals surface area contributed by atoms with E-state index in [1.54, 1.807) is 12.1 Å². The molecule has 7 heteroatoms. The summed E-state index contributed by atoms with van der Waals surface area (Å²) in [5, 5.41) is 11.9. The normalized spacial score (nSPS) is 11.1. The molecule has 1 amide bonds. The number of aromatic carboxylic acids is 1. The molecule has 0 atom stereocenters. The minimum atomic E-state index is -0.962. The molecule has 0 radical (unpaired) electrons. The third-order valence-corrected chi connectivity index (χ3v) is 5.20. The molecule has 1 aromatic carbocycles. The smallest absolute Gasteiger partial charge is 0.345 e. The van der Waals surface area contributed by atoms with Gasteiger partial charge in [0.05, 0.1) is 25.2 Å². The molecule has 0 bridgehead atoms. The Morgan fingerprint density at radius 1 is 1.07 bits per heavy atom. The highest BCUT2D eigenvalue weighted by molar-refractivity contribution is 7.13. The number of ether oxygens (including phenoxy) is 2. The molecule has 0 fully saturated rings. The number of thiophene rings is 1. The van der Waals surface area contributed by atoms with Crippen LogP contribution >= 0.6 is 11.3 Å². The monoisotopic (exact) mass is 391 g/mol. The van der Waals surface area contributed by atoms with Gasteiger partial charge >= 0.3 is 5.97 Å². The van der Waals surface area contributed by atoms with Crippen LogP contribution in [0.2, 0.25) is 0 Å². The van der Waals surface area contributed by atoms with Gasteiger partial charge in [-0.05, 0) is 57.5 Å². The van der Waals surface area contributed by atoms with Gasteiger partial charge in [-0.1, -0.05) is 6.07 Å². The largest absolute Gasteiger partial charge is 0.490 e. The number of benzene rings is 1. The van der Waals surface area contributed by atoms with Crippen molar-refractivity contribution in [1.82, 2.24) is 5.32 Å². The van der Waals surface area contributed by atoms with Crippen LogP contribution in [0.4, 0.5) is 0 Å². The Labute approximate surface area is 163 Å². The Balaban J connectivity index is 2.14. The van der Waals surface area contributed by atoms with Crippen LogP contribution in [0.15, 0.2) is 30.3 Å². The lowest BCUT2D eigenvalue weighted by Crippen LogP contribution is -2.39. The minimum absolute atomic E-state index is 0.153. The van der Waals surface area contributed by atoms with Crippen LogP contribution in [0.3, 0.4) is 0 Å². The van der Waals surface area contributed by atoms with Crippen molar-refractivity contribution < 1.29 is 24.2 Å². The number of carboxylic acids is 1. The molecule has 0 aliphatic rings. The SMILES string of the molecule is CCOc1ccc(C(C)(C)C(=O)NCc2ccc(C(=O)O)s2)cc1OCC. The highest BCUT2D eigenvalue weighted by Gasteiger charge is 2.30. The second kappa shape index (κ2) is 8.90. The maximum absolute atomic E-state index is 12.8. The summed E-state index contributed by atoms with van der Waals surface area (Å²) in [7, 11) is 0. The Kier molecular flexibility index (Phi) is 6.85. The van der Waals surface area contributed by atoms with E-state index in [-0.39, 0.29) is 17.3 Å². The molecule has 27 heavy (non-hydrogen) atoms. The fourth-order valence-corrected chi connectivity index (χ4v) is 3.33. The molecular formula is C20H25NO5S. The first-order chi connectivity index (χ1) is 12.8. The van der Waals surface area contributed by atoms with Crippen molar-refractivity contribution in [3.8, 4) is 11.5 Å². The Morgan fingerprint density at radius 3 is 2.33 bits per heavy atom. The van der Waals surface area contributed by atoms with Gasteiger partial charge in [0.15, 0.2) is 11.5 Å². The summed E-state index contributed by atoms with van der Waals surface area (Å²) in [5.74, 6) is 0.149. The average Bonchev–Trinajstić information content (AvgIpc) is 3.10. The molecule has 0 aliphatic carbocycles. The first-order valence-electron chi connectivity index (χ1n) is 8.80. The van der Waals surface area contributed by atoms with Gasteiger partial charge in [0.2, 0.25) is 5.91 Å². The van der Waals surface area contributed by atoms with Gasteiger partial charge in [-0.2, -0.15) is 0 Å². The lowest BCUT2D eigenvalue weighted by atomic mass is 9.83. The van der Waals surface area contributed by atoms with Gasteiger partial charge in [-0.25, -0.2) is 4.79 Å². The second-order valence-electron chi connectivity index (χ2n) is 6.41. The Hall–Kier alpha value is -2.54. The van der Waals surface area contributed by atoms with E-state index >= 15 is 0 Å². The van der Waals surface area contributed by atoms with Crippen molar-refractivity contribution in [1.29, 1.82) is 0 Å². The van der Waals surface area contributed by atoms with Gasteiger partial charge in [-0.15, -0.1) is 11.3 Å². The fraction of sp³-hybridized carbons (Fsp3) is 0.400. The van der Waals surface area contributed by atoms with Crippen molar-refractivity contribution in [2.75, 3.05) is 13.2 Å². The molecule has 2 N–H and O–H groups in total. The molecule has 2 aromatic rings. The summed E-state index contributed by atoms with van der Waals surface area (Å²) in [4.78, 5) is 24.8. The number of carboxylic acid groups (broad SMARTS) is 1. The summed E-state index contributed by atoms with van der Waals surface area (Å²) >= 11 is 1.16. The van der Waals surface area contributed by atoms with Crippen LogP contribution in [0, 0.1) is 0 Å². The van der Waals surface area contributed by atoms with Crippen LogP contribution in [0.1, 0.15) is 47.8 Å². The number of nitrogens with one attached hydrogen (secondary N) is 1. The number of carbonyl (C=O) groups is 2. The molecule has 0 saturated carbocycles. The lowest BCUT2D eigenvalue weighted by molar-refractivity contribution is -0.125. The van der Waals surface area contributed by atoms with Crippen LogP contribution < -0.4 is 14.8 Å². The number of rotatable bonds is 9. The van der Waals surface area contributed by atoms with Gasteiger partial charge in [-0.3, -0.25) is 4.79 Å². The predicted molar refractivity (Wildman–Crippen MR) is 105 cm³/mol. The van der Waals surface area contributed by atoms with Crippen LogP contribution in [-0.2, 0) is 16.8 Å². The maximum Gasteiger partial charge on any atom is 0.345 e. The number of carbonyl (C=O) groups excluding carboxylic acids is 1. The minimum Gasteiger partial charge on any atom is -0.490 e. The quantitative estimate of drug-likeness (QED) is 0.678. The third-order valence-electron chi connectivity index (χ3n) is 4.13. The summed E-state index contributed by atoms with van der Waals surface area (Å²) in [6, 6.07) is 8.77. The van der Waals surface area contributed by atoms with E-state index in [4.69, 9.17) is 14.6 Å². The number of hydrogen-bond acceptors (Lipinski definition) is 5. The molecule has 0 aliphatic heterocycles. The van der Waals surface area contributed by atoms with Crippen LogP contribution in [-0.4, -0.2) is 30.2 Å². The summed E-state index contributed by atoms with van der Waals surface area (Å²) in [6.07, 6.45) is 0. The van der Waals surface area contributed by atoms with Crippen molar-refractivity contribution >= 4 is 23.2 Å². The highest BCUT2D eigenvalue weighted by Crippen LogP contribution is 2.34. The van der Waals surface area contributed by atoms with Gasteiger partial charge in [0.25, 0.3) is 0 Å². The summed E-state index contributed by atoms with van der Waals surface area (Å²) in [5.41, 5.74) is 0.0213. The van der Waals surface area contributed by atoms with Crippen molar-refractivity contribution in [2.45, 2.75) is 39.7 Å². The Morgan fingerprint density at radius 2 is 1.74 bits per heavy atom. The molecule has 6 nitrogen and oxygen atoms in total. The molecule has 0 spiro atoms. The third kappa shape index (κ3) is 5.01. The summed E-state index contributed by atoms with van der Waals surface area (Å²) in [6.45, 7) is 8.79. The number of hydrogen-bond donors (Lipinski definition) is 2. The molecular weight excluding hydrogens is 366 g/mol. The van der Waals surface area contributed by atoms with E-state index < -0.39 is 11.4 Å². The highest BCUT2D eigenvalue weighted by atomic mass is 32.1. The van der Waals surface area contributed by atoms with E-state index in [1.165, 1.54) is 0 Å². The first-order valence-corrected chi connectivity index (χ1v) is 9.61. The average molecular weight is 391 g/mol. The molecule has 0 saturated heterocycles. The van der Waals surface area contributed by atoms with E-state index in [9.17, 15) is 9.59 Å². The van der Waals surface area contributed by atoms with E-state index in [0.29, 0.717) is 24.7 Å². The fourth-order valence-electron chi connectivity index (χ4n) is 2.55. The van der Waals surface area contributed by atoms with Crippen LogP contribution in [0.5, 0.6) is 11.5 Å². The van der Waals surface area contributed by atoms with Crippen molar-refractivity contribution in [3.05, 3.63) is 45.6 Å². The first kappa shape index (κ1) is 20.8. The van der Waals surface area contributed by atoms with Gasteiger partial charge < -0.3 is 19.9 Å². The number of amides is 1. The standard InChI is InChI=1S/C20H25NO5S/c1-5-25-15-9-7-13(11-16(15)26-6-2)20(3,4)19(24)21-12-14-8-10-17(27-14)18(22)23/h7-11H,5-6,12H2,1-4H3,(H,21,24)(H,22,23). The predicted octanol–water partition coefficient (Wildman–Crippen LogP) is 3.84.